The molecule has 0 fully saturated rings. The second kappa shape index (κ2) is 10.5. The van der Waals surface area contributed by atoms with Gasteiger partial charge in [0.2, 0.25) is 0 Å². The zero-order chi connectivity index (χ0) is 16.3. The minimum Gasteiger partial charge on any atom is -0.309 e. The SMILES string of the molecule is CN(C)CCCN(CCSc1ccccc1)Cc1ccccc1. The standard InChI is InChI=1S/C20H28N2S/c1-21(2)14-9-15-22(18-19-10-5-3-6-11-19)16-17-23-20-12-7-4-8-13-20/h3-8,10-13H,9,14-18H2,1-2H3. The van der Waals surface area contributed by atoms with E-state index in [9.17, 15) is 0 Å². The highest BCUT2D eigenvalue weighted by Crippen LogP contribution is 2.17. The monoisotopic (exact) mass is 328 g/mol. The molecule has 0 radical (unpaired) electrons. The van der Waals surface area contributed by atoms with Crippen LogP contribution in [-0.2, 0) is 6.54 Å². The van der Waals surface area contributed by atoms with E-state index < -0.39 is 0 Å². The van der Waals surface area contributed by atoms with Crippen molar-refractivity contribution in [3.05, 3.63) is 66.2 Å². The summed E-state index contributed by atoms with van der Waals surface area (Å²) in [6.45, 7) is 4.48. The maximum atomic E-state index is 2.58. The molecule has 0 saturated heterocycles. The van der Waals surface area contributed by atoms with Gasteiger partial charge in [-0.3, -0.25) is 4.90 Å². The molecule has 3 heteroatoms. The lowest BCUT2D eigenvalue weighted by Gasteiger charge is -2.23. The van der Waals surface area contributed by atoms with Crippen LogP contribution in [0.15, 0.2) is 65.6 Å². The molecule has 0 aliphatic rings. The number of hydrogen-bond donors (Lipinski definition) is 0. The first-order valence-electron chi connectivity index (χ1n) is 8.33. The number of nitrogens with zero attached hydrogens (tertiary/aromatic N) is 2. The summed E-state index contributed by atoms with van der Waals surface area (Å²) in [5.74, 6) is 1.14. The van der Waals surface area contributed by atoms with Crippen molar-refractivity contribution >= 4 is 11.8 Å². The van der Waals surface area contributed by atoms with E-state index in [2.05, 4.69) is 84.6 Å². The average molecular weight is 329 g/mol. The summed E-state index contributed by atoms with van der Waals surface area (Å²) in [7, 11) is 4.29. The minimum atomic E-state index is 1.05. The Bertz CT molecular complexity index is 528. The Morgan fingerprint density at radius 1 is 0.783 bits per heavy atom. The molecule has 0 heterocycles. The van der Waals surface area contributed by atoms with Gasteiger partial charge in [0, 0.05) is 23.7 Å². The number of rotatable bonds is 10. The van der Waals surface area contributed by atoms with Crippen LogP contribution < -0.4 is 0 Å². The van der Waals surface area contributed by atoms with Crippen LogP contribution in [0.1, 0.15) is 12.0 Å². The molecule has 0 aliphatic heterocycles. The lowest BCUT2D eigenvalue weighted by molar-refractivity contribution is 0.261. The van der Waals surface area contributed by atoms with Crippen LogP contribution in [0.2, 0.25) is 0 Å². The molecule has 0 amide bonds. The summed E-state index contributed by atoms with van der Waals surface area (Å²) in [6.07, 6.45) is 1.22. The summed E-state index contributed by atoms with van der Waals surface area (Å²) in [5, 5.41) is 0. The molecular formula is C20H28N2S. The van der Waals surface area contributed by atoms with Gasteiger partial charge in [-0.15, -0.1) is 11.8 Å². The fourth-order valence-corrected chi connectivity index (χ4v) is 3.47. The average Bonchev–Trinajstić information content (AvgIpc) is 2.56. The zero-order valence-electron chi connectivity index (χ0n) is 14.3. The van der Waals surface area contributed by atoms with E-state index in [0.717, 1.165) is 31.9 Å². The first-order valence-corrected chi connectivity index (χ1v) is 9.31. The highest BCUT2D eigenvalue weighted by atomic mass is 32.2. The highest BCUT2D eigenvalue weighted by Gasteiger charge is 2.06. The van der Waals surface area contributed by atoms with Crippen LogP contribution >= 0.6 is 11.8 Å². The van der Waals surface area contributed by atoms with Crippen LogP contribution in [-0.4, -0.2) is 49.3 Å². The van der Waals surface area contributed by atoms with Gasteiger partial charge in [0.05, 0.1) is 0 Å². The number of thioether (sulfide) groups is 1. The van der Waals surface area contributed by atoms with Crippen molar-refractivity contribution in [1.29, 1.82) is 0 Å². The molecule has 0 N–H and O–H groups in total. The van der Waals surface area contributed by atoms with E-state index in [1.807, 2.05) is 11.8 Å². The Morgan fingerprint density at radius 2 is 1.43 bits per heavy atom. The van der Waals surface area contributed by atoms with E-state index >= 15 is 0 Å². The van der Waals surface area contributed by atoms with Crippen molar-refractivity contribution in [3.63, 3.8) is 0 Å². The number of hydrogen-bond acceptors (Lipinski definition) is 3. The summed E-state index contributed by atoms with van der Waals surface area (Å²) >= 11 is 1.95. The molecule has 0 spiro atoms. The van der Waals surface area contributed by atoms with E-state index in [0.29, 0.717) is 0 Å². The summed E-state index contributed by atoms with van der Waals surface area (Å²) in [4.78, 5) is 6.20. The number of benzene rings is 2. The Labute approximate surface area is 145 Å². The van der Waals surface area contributed by atoms with Gasteiger partial charge in [-0.2, -0.15) is 0 Å². The van der Waals surface area contributed by atoms with Crippen molar-refractivity contribution in [2.24, 2.45) is 0 Å². The largest absolute Gasteiger partial charge is 0.309 e. The Kier molecular flexibility index (Phi) is 8.23. The summed E-state index contributed by atoms with van der Waals surface area (Å²) in [5.41, 5.74) is 1.40. The topological polar surface area (TPSA) is 6.48 Å². The van der Waals surface area contributed by atoms with Crippen LogP contribution in [0.25, 0.3) is 0 Å². The Hall–Kier alpha value is -1.29. The molecule has 0 saturated carbocycles. The minimum absolute atomic E-state index is 1.05. The Balaban J connectivity index is 1.82. The predicted molar refractivity (Wildman–Crippen MR) is 102 cm³/mol. The first kappa shape index (κ1) is 18.1. The quantitative estimate of drug-likeness (QED) is 0.603. The van der Waals surface area contributed by atoms with Crippen LogP contribution in [0, 0.1) is 0 Å². The summed E-state index contributed by atoms with van der Waals surface area (Å²) < 4.78 is 0. The van der Waals surface area contributed by atoms with Crippen LogP contribution in [0.3, 0.4) is 0 Å². The Morgan fingerprint density at radius 3 is 2.09 bits per heavy atom. The predicted octanol–water partition coefficient (Wildman–Crippen LogP) is 4.23. The molecule has 2 rings (SSSR count). The normalized spacial score (nSPS) is 11.3. The van der Waals surface area contributed by atoms with E-state index in [-0.39, 0.29) is 0 Å². The molecule has 2 nitrogen and oxygen atoms in total. The smallest absolute Gasteiger partial charge is 0.0234 e. The first-order chi connectivity index (χ1) is 11.2. The third-order valence-corrected chi connectivity index (χ3v) is 4.74. The second-order valence-electron chi connectivity index (χ2n) is 6.08. The molecule has 2 aromatic carbocycles. The van der Waals surface area contributed by atoms with Crippen molar-refractivity contribution in [1.82, 2.24) is 9.80 Å². The molecule has 23 heavy (non-hydrogen) atoms. The van der Waals surface area contributed by atoms with Gasteiger partial charge < -0.3 is 4.90 Å². The van der Waals surface area contributed by atoms with Crippen molar-refractivity contribution in [3.8, 4) is 0 Å². The molecule has 0 unspecified atom stereocenters. The maximum absolute atomic E-state index is 2.58. The molecule has 0 bridgehead atoms. The van der Waals surface area contributed by atoms with Crippen molar-refractivity contribution < 1.29 is 0 Å². The third kappa shape index (κ3) is 7.69. The summed E-state index contributed by atoms with van der Waals surface area (Å²) in [6, 6.07) is 21.5. The molecular weight excluding hydrogens is 300 g/mol. The van der Waals surface area contributed by atoms with E-state index in [1.165, 1.54) is 16.9 Å². The van der Waals surface area contributed by atoms with Gasteiger partial charge >= 0.3 is 0 Å². The lowest BCUT2D eigenvalue weighted by atomic mass is 10.2. The van der Waals surface area contributed by atoms with Gasteiger partial charge in [-0.25, -0.2) is 0 Å². The molecule has 0 aromatic heterocycles. The van der Waals surface area contributed by atoms with Crippen LogP contribution in [0.4, 0.5) is 0 Å². The molecule has 124 valence electrons. The van der Waals surface area contributed by atoms with Gasteiger partial charge in [-0.1, -0.05) is 48.5 Å². The van der Waals surface area contributed by atoms with Gasteiger partial charge in [0.25, 0.3) is 0 Å². The molecule has 0 aliphatic carbocycles. The van der Waals surface area contributed by atoms with Gasteiger partial charge in [0.1, 0.15) is 0 Å². The van der Waals surface area contributed by atoms with Crippen LogP contribution in [0.5, 0.6) is 0 Å². The van der Waals surface area contributed by atoms with Gasteiger partial charge in [0.15, 0.2) is 0 Å². The highest BCUT2D eigenvalue weighted by molar-refractivity contribution is 7.99. The molecule has 0 atom stereocenters. The fourth-order valence-electron chi connectivity index (χ4n) is 2.53. The fraction of sp³-hybridized carbons (Fsp3) is 0.400. The van der Waals surface area contributed by atoms with Gasteiger partial charge in [-0.05, 0) is 51.3 Å². The third-order valence-electron chi connectivity index (χ3n) is 3.75. The maximum Gasteiger partial charge on any atom is 0.0234 e. The van der Waals surface area contributed by atoms with Crippen molar-refractivity contribution in [2.45, 2.75) is 17.9 Å². The van der Waals surface area contributed by atoms with E-state index in [4.69, 9.17) is 0 Å². The van der Waals surface area contributed by atoms with E-state index in [1.54, 1.807) is 0 Å². The molecule has 2 aromatic rings. The van der Waals surface area contributed by atoms with Crippen molar-refractivity contribution in [2.75, 3.05) is 39.5 Å². The second-order valence-corrected chi connectivity index (χ2v) is 7.25. The zero-order valence-corrected chi connectivity index (χ0v) is 15.1. The lowest BCUT2D eigenvalue weighted by Crippen LogP contribution is -2.29.